The maximum atomic E-state index is 13.0. The molecule has 1 aliphatic heterocycles. The van der Waals surface area contributed by atoms with E-state index in [0.29, 0.717) is 18.2 Å². The standard InChI is InChI=1S/C21H27N5O2/c27-14-21(12-20(21)8-10-22-11-9-20)13-23-19(28)17-18(15-6-7-15)26(25-24-17)16-4-2-1-3-5-16/h1-5,15,22,27H,6-14H2,(H,23,28). The first-order chi connectivity index (χ1) is 13.7. The van der Waals surface area contributed by atoms with Crippen LogP contribution in [0.4, 0.5) is 0 Å². The lowest BCUT2D eigenvalue weighted by atomic mass is 9.85. The molecule has 7 heteroatoms. The highest BCUT2D eigenvalue weighted by Crippen LogP contribution is 2.67. The van der Waals surface area contributed by atoms with Gasteiger partial charge in [-0.1, -0.05) is 23.4 Å². The Labute approximate surface area is 164 Å². The van der Waals surface area contributed by atoms with Gasteiger partial charge in [-0.3, -0.25) is 4.79 Å². The third kappa shape index (κ3) is 2.84. The minimum atomic E-state index is -0.181. The van der Waals surface area contributed by atoms with Crippen LogP contribution in [0.3, 0.4) is 0 Å². The van der Waals surface area contributed by atoms with Gasteiger partial charge in [0.1, 0.15) is 0 Å². The van der Waals surface area contributed by atoms with E-state index in [0.717, 1.165) is 56.6 Å². The maximum absolute atomic E-state index is 13.0. The van der Waals surface area contributed by atoms with Gasteiger partial charge in [0.15, 0.2) is 5.69 Å². The number of para-hydroxylation sites is 1. The van der Waals surface area contributed by atoms with Gasteiger partial charge in [-0.2, -0.15) is 0 Å². The molecule has 1 aromatic carbocycles. The SMILES string of the molecule is O=C(NCC1(CO)CC12CCNCC2)c1nnn(-c2ccccc2)c1C1CC1. The van der Waals surface area contributed by atoms with E-state index in [-0.39, 0.29) is 23.3 Å². The third-order valence-corrected chi connectivity index (χ3v) is 7.01. The monoisotopic (exact) mass is 381 g/mol. The van der Waals surface area contributed by atoms with Crippen molar-refractivity contribution in [2.24, 2.45) is 10.8 Å². The van der Waals surface area contributed by atoms with E-state index in [9.17, 15) is 9.90 Å². The zero-order chi connectivity index (χ0) is 19.2. The topological polar surface area (TPSA) is 92.1 Å². The predicted octanol–water partition coefficient (Wildman–Crippen LogP) is 1.63. The second kappa shape index (κ2) is 6.67. The van der Waals surface area contributed by atoms with Crippen molar-refractivity contribution in [2.75, 3.05) is 26.2 Å². The van der Waals surface area contributed by atoms with E-state index < -0.39 is 0 Å². The summed E-state index contributed by atoms with van der Waals surface area (Å²) in [5, 5.41) is 25.0. The number of aliphatic hydroxyl groups is 1. The minimum Gasteiger partial charge on any atom is -0.396 e. The highest BCUT2D eigenvalue weighted by molar-refractivity contribution is 5.93. The third-order valence-electron chi connectivity index (χ3n) is 7.01. The summed E-state index contributed by atoms with van der Waals surface area (Å²) in [6.07, 6.45) is 5.26. The molecule has 148 valence electrons. The van der Waals surface area contributed by atoms with E-state index in [2.05, 4.69) is 20.9 Å². The molecule has 1 spiro atoms. The molecule has 1 amide bonds. The molecule has 2 heterocycles. The molecule has 2 saturated carbocycles. The Morgan fingerprint density at radius 3 is 2.68 bits per heavy atom. The number of piperidine rings is 1. The molecular weight excluding hydrogens is 354 g/mol. The van der Waals surface area contributed by atoms with Crippen LogP contribution in [0.5, 0.6) is 0 Å². The van der Waals surface area contributed by atoms with Crippen LogP contribution in [0.2, 0.25) is 0 Å². The molecule has 3 aliphatic rings. The first-order valence-electron chi connectivity index (χ1n) is 10.3. The second-order valence-electron chi connectivity index (χ2n) is 8.67. The quantitative estimate of drug-likeness (QED) is 0.707. The first-order valence-corrected chi connectivity index (χ1v) is 10.3. The fourth-order valence-electron chi connectivity index (χ4n) is 5.01. The number of aromatic nitrogens is 3. The molecule has 0 radical (unpaired) electrons. The fourth-order valence-corrected chi connectivity index (χ4v) is 5.01. The molecule has 1 saturated heterocycles. The highest BCUT2D eigenvalue weighted by atomic mass is 16.3. The van der Waals surface area contributed by atoms with Crippen molar-refractivity contribution >= 4 is 5.91 Å². The summed E-state index contributed by atoms with van der Waals surface area (Å²) in [4.78, 5) is 13.0. The Kier molecular flexibility index (Phi) is 4.25. The maximum Gasteiger partial charge on any atom is 0.273 e. The summed E-state index contributed by atoms with van der Waals surface area (Å²) in [5.41, 5.74) is 2.27. The largest absolute Gasteiger partial charge is 0.396 e. The van der Waals surface area contributed by atoms with Crippen LogP contribution in [-0.4, -0.2) is 52.2 Å². The molecule has 1 atom stereocenters. The van der Waals surface area contributed by atoms with Crippen LogP contribution < -0.4 is 10.6 Å². The van der Waals surface area contributed by atoms with Gasteiger partial charge in [-0.15, -0.1) is 5.10 Å². The van der Waals surface area contributed by atoms with Gasteiger partial charge in [-0.05, 0) is 62.7 Å². The van der Waals surface area contributed by atoms with Gasteiger partial charge >= 0.3 is 0 Å². The number of nitrogens with one attached hydrogen (secondary N) is 2. The number of carbonyl (C=O) groups is 1. The lowest BCUT2D eigenvalue weighted by Gasteiger charge is -2.29. The molecule has 2 aliphatic carbocycles. The summed E-state index contributed by atoms with van der Waals surface area (Å²) in [5.74, 6) is 0.173. The lowest BCUT2D eigenvalue weighted by Crippen LogP contribution is -2.39. The molecule has 3 N–H and O–H groups in total. The molecule has 5 rings (SSSR count). The number of hydrogen-bond donors (Lipinski definition) is 3. The lowest BCUT2D eigenvalue weighted by molar-refractivity contribution is 0.0907. The van der Waals surface area contributed by atoms with E-state index in [4.69, 9.17) is 0 Å². The van der Waals surface area contributed by atoms with E-state index >= 15 is 0 Å². The van der Waals surface area contributed by atoms with Crippen molar-refractivity contribution in [1.82, 2.24) is 25.6 Å². The number of nitrogens with zero attached hydrogens (tertiary/aromatic N) is 3. The van der Waals surface area contributed by atoms with E-state index in [1.807, 2.05) is 30.3 Å². The zero-order valence-electron chi connectivity index (χ0n) is 16.0. The van der Waals surface area contributed by atoms with Gasteiger partial charge in [-0.25, -0.2) is 4.68 Å². The average Bonchev–Trinajstić information content (AvgIpc) is 3.64. The molecule has 1 aromatic heterocycles. The van der Waals surface area contributed by atoms with Crippen molar-refractivity contribution in [2.45, 2.75) is 38.0 Å². The van der Waals surface area contributed by atoms with Crippen LogP contribution >= 0.6 is 0 Å². The van der Waals surface area contributed by atoms with Crippen LogP contribution in [-0.2, 0) is 0 Å². The van der Waals surface area contributed by atoms with Gasteiger partial charge in [0.25, 0.3) is 5.91 Å². The Hall–Kier alpha value is -2.25. The molecular formula is C21H27N5O2. The van der Waals surface area contributed by atoms with Crippen molar-refractivity contribution in [3.8, 4) is 5.69 Å². The molecule has 2 aromatic rings. The Bertz CT molecular complexity index is 870. The summed E-state index contributed by atoms with van der Waals surface area (Å²) in [6, 6.07) is 9.85. The van der Waals surface area contributed by atoms with Gasteiger partial charge in [0.2, 0.25) is 0 Å². The number of rotatable bonds is 6. The summed E-state index contributed by atoms with van der Waals surface area (Å²) >= 11 is 0. The van der Waals surface area contributed by atoms with Crippen molar-refractivity contribution in [1.29, 1.82) is 0 Å². The zero-order valence-corrected chi connectivity index (χ0v) is 16.0. The number of hydrogen-bond acceptors (Lipinski definition) is 5. The Morgan fingerprint density at radius 2 is 2.00 bits per heavy atom. The van der Waals surface area contributed by atoms with Gasteiger partial charge < -0.3 is 15.7 Å². The molecule has 1 unspecified atom stereocenters. The van der Waals surface area contributed by atoms with Crippen molar-refractivity contribution < 1.29 is 9.90 Å². The summed E-state index contributed by atoms with van der Waals surface area (Å²) in [6.45, 7) is 2.62. The summed E-state index contributed by atoms with van der Waals surface area (Å²) in [7, 11) is 0. The highest BCUT2D eigenvalue weighted by Gasteiger charge is 2.66. The number of benzene rings is 1. The average molecular weight is 381 g/mol. The van der Waals surface area contributed by atoms with Gasteiger partial charge in [0.05, 0.1) is 18.0 Å². The molecule has 28 heavy (non-hydrogen) atoms. The Balaban J connectivity index is 1.34. The van der Waals surface area contributed by atoms with Crippen LogP contribution in [0.25, 0.3) is 5.69 Å². The number of carbonyl (C=O) groups excluding carboxylic acids is 1. The minimum absolute atomic E-state index is 0.124. The fraction of sp³-hybridized carbons (Fsp3) is 0.571. The molecule has 7 nitrogen and oxygen atoms in total. The molecule has 0 bridgehead atoms. The smallest absolute Gasteiger partial charge is 0.273 e. The molecule has 3 fully saturated rings. The van der Waals surface area contributed by atoms with Crippen LogP contribution in [0, 0.1) is 10.8 Å². The van der Waals surface area contributed by atoms with Crippen molar-refractivity contribution in [3.63, 3.8) is 0 Å². The predicted molar refractivity (Wildman–Crippen MR) is 104 cm³/mol. The second-order valence-corrected chi connectivity index (χ2v) is 8.67. The van der Waals surface area contributed by atoms with Crippen LogP contribution in [0.1, 0.15) is 54.2 Å². The Morgan fingerprint density at radius 1 is 1.25 bits per heavy atom. The first kappa shape index (κ1) is 17.8. The van der Waals surface area contributed by atoms with Crippen LogP contribution in [0.15, 0.2) is 30.3 Å². The number of amides is 1. The van der Waals surface area contributed by atoms with E-state index in [1.54, 1.807) is 4.68 Å². The van der Waals surface area contributed by atoms with Gasteiger partial charge in [0, 0.05) is 17.9 Å². The normalized spacial score (nSPS) is 25.6. The summed E-state index contributed by atoms with van der Waals surface area (Å²) < 4.78 is 1.81. The number of aliphatic hydroxyl groups excluding tert-OH is 1. The van der Waals surface area contributed by atoms with E-state index in [1.165, 1.54) is 0 Å². The van der Waals surface area contributed by atoms with Crippen molar-refractivity contribution in [3.05, 3.63) is 41.7 Å².